The van der Waals surface area contributed by atoms with Gasteiger partial charge in [-0.1, -0.05) is 39.0 Å². The maximum Gasteiger partial charge on any atom is 0.271 e. The third kappa shape index (κ3) is 3.44. The fraction of sp³-hybridized carbons (Fsp3) is 0.600. The van der Waals surface area contributed by atoms with Crippen molar-refractivity contribution in [2.24, 2.45) is 0 Å². The summed E-state index contributed by atoms with van der Waals surface area (Å²) >= 11 is 1.51. The van der Waals surface area contributed by atoms with E-state index in [0.29, 0.717) is 0 Å². The maximum atomic E-state index is 12.2. The van der Waals surface area contributed by atoms with Crippen molar-refractivity contribution in [2.45, 2.75) is 58.9 Å². The SMILES string of the molecule is CCCCCCCCn1cnc2c(C)csc2c1=O. The molecule has 3 nitrogen and oxygen atoms in total. The lowest BCUT2D eigenvalue weighted by molar-refractivity contribution is 0.548. The molecule has 0 bridgehead atoms. The van der Waals surface area contributed by atoms with E-state index in [9.17, 15) is 4.79 Å². The Hall–Kier alpha value is -1.16. The molecular formula is C15H22N2OS. The van der Waals surface area contributed by atoms with Crippen LogP contribution in [0.5, 0.6) is 0 Å². The number of hydrogen-bond acceptors (Lipinski definition) is 3. The van der Waals surface area contributed by atoms with Crippen LogP contribution in [0.2, 0.25) is 0 Å². The summed E-state index contributed by atoms with van der Waals surface area (Å²) in [5, 5.41) is 2.01. The van der Waals surface area contributed by atoms with E-state index in [-0.39, 0.29) is 5.56 Å². The number of aryl methyl sites for hydroxylation is 2. The largest absolute Gasteiger partial charge is 0.298 e. The van der Waals surface area contributed by atoms with Crippen molar-refractivity contribution in [1.29, 1.82) is 0 Å². The van der Waals surface area contributed by atoms with Gasteiger partial charge < -0.3 is 0 Å². The molecule has 0 aliphatic rings. The highest BCUT2D eigenvalue weighted by Crippen LogP contribution is 2.19. The summed E-state index contributed by atoms with van der Waals surface area (Å²) in [5.74, 6) is 0. The molecule has 19 heavy (non-hydrogen) atoms. The Morgan fingerprint density at radius 3 is 2.74 bits per heavy atom. The Kier molecular flexibility index (Phi) is 5.14. The topological polar surface area (TPSA) is 34.9 Å². The highest BCUT2D eigenvalue weighted by Gasteiger charge is 2.07. The lowest BCUT2D eigenvalue weighted by Crippen LogP contribution is -2.19. The first-order chi connectivity index (χ1) is 9.24. The molecule has 2 rings (SSSR count). The molecule has 2 aromatic heterocycles. The van der Waals surface area contributed by atoms with Gasteiger partial charge in [-0.05, 0) is 24.3 Å². The van der Waals surface area contributed by atoms with Crippen molar-refractivity contribution >= 4 is 21.6 Å². The summed E-state index contributed by atoms with van der Waals surface area (Å²) in [6.45, 7) is 5.03. The van der Waals surface area contributed by atoms with Crippen molar-refractivity contribution in [3.63, 3.8) is 0 Å². The molecule has 0 aliphatic carbocycles. The summed E-state index contributed by atoms with van der Waals surface area (Å²) in [6.07, 6.45) is 9.16. The summed E-state index contributed by atoms with van der Waals surface area (Å²) in [4.78, 5) is 16.6. The van der Waals surface area contributed by atoms with Crippen LogP contribution in [0.1, 0.15) is 51.0 Å². The molecule has 0 amide bonds. The zero-order valence-corrected chi connectivity index (χ0v) is 12.6. The minimum absolute atomic E-state index is 0.122. The van der Waals surface area contributed by atoms with Gasteiger partial charge in [-0.25, -0.2) is 4.98 Å². The molecule has 0 saturated carbocycles. The summed E-state index contributed by atoms with van der Waals surface area (Å²) in [7, 11) is 0. The summed E-state index contributed by atoms with van der Waals surface area (Å²) in [6, 6.07) is 0. The average Bonchev–Trinajstić information content (AvgIpc) is 2.78. The first kappa shape index (κ1) is 14.3. The molecule has 0 saturated heterocycles. The van der Waals surface area contributed by atoms with Crippen LogP contribution in [0.15, 0.2) is 16.5 Å². The van der Waals surface area contributed by atoms with Crippen LogP contribution in [0, 0.1) is 6.92 Å². The second kappa shape index (κ2) is 6.85. The van der Waals surface area contributed by atoms with E-state index in [1.807, 2.05) is 12.3 Å². The van der Waals surface area contributed by atoms with Gasteiger partial charge in [0.05, 0.1) is 11.8 Å². The summed E-state index contributed by atoms with van der Waals surface area (Å²) < 4.78 is 2.56. The number of hydrogen-bond donors (Lipinski definition) is 0. The van der Waals surface area contributed by atoms with Crippen molar-refractivity contribution in [3.8, 4) is 0 Å². The van der Waals surface area contributed by atoms with E-state index in [1.165, 1.54) is 43.4 Å². The fourth-order valence-corrected chi connectivity index (χ4v) is 3.23. The smallest absolute Gasteiger partial charge is 0.271 e. The Balaban J connectivity index is 1.94. The average molecular weight is 278 g/mol. The standard InChI is InChI=1S/C15H22N2OS/c1-3-4-5-6-7-8-9-17-11-16-13-12(2)10-19-14(13)15(17)18/h10-11H,3-9H2,1-2H3. The molecule has 0 N–H and O–H groups in total. The van der Waals surface area contributed by atoms with Gasteiger partial charge in [0.1, 0.15) is 4.70 Å². The number of fused-ring (bicyclic) bond motifs is 1. The first-order valence-electron chi connectivity index (χ1n) is 7.17. The van der Waals surface area contributed by atoms with Crippen LogP contribution >= 0.6 is 11.3 Å². The fourth-order valence-electron chi connectivity index (χ4n) is 2.28. The first-order valence-corrected chi connectivity index (χ1v) is 8.05. The van der Waals surface area contributed by atoms with Gasteiger partial charge in [-0.3, -0.25) is 9.36 Å². The predicted molar refractivity (Wildman–Crippen MR) is 82.0 cm³/mol. The third-order valence-corrected chi connectivity index (χ3v) is 4.55. The molecule has 2 aromatic rings. The van der Waals surface area contributed by atoms with E-state index >= 15 is 0 Å². The van der Waals surface area contributed by atoms with Crippen molar-refractivity contribution in [3.05, 3.63) is 27.6 Å². The van der Waals surface area contributed by atoms with Crippen LogP contribution < -0.4 is 5.56 Å². The van der Waals surface area contributed by atoms with Crippen molar-refractivity contribution < 1.29 is 0 Å². The van der Waals surface area contributed by atoms with Crippen LogP contribution in [0.4, 0.5) is 0 Å². The van der Waals surface area contributed by atoms with E-state index in [1.54, 1.807) is 10.9 Å². The molecular weight excluding hydrogens is 256 g/mol. The molecule has 0 radical (unpaired) electrons. The third-order valence-electron chi connectivity index (χ3n) is 3.48. The lowest BCUT2D eigenvalue weighted by Gasteiger charge is -2.05. The minimum Gasteiger partial charge on any atom is -0.298 e. The number of thiophene rings is 1. The van der Waals surface area contributed by atoms with Crippen LogP contribution in [-0.4, -0.2) is 9.55 Å². The van der Waals surface area contributed by atoms with E-state index in [4.69, 9.17) is 0 Å². The molecule has 0 aliphatic heterocycles. The normalized spacial score (nSPS) is 11.3. The molecule has 2 heterocycles. The van der Waals surface area contributed by atoms with Gasteiger partial charge in [-0.2, -0.15) is 0 Å². The van der Waals surface area contributed by atoms with Gasteiger partial charge in [0, 0.05) is 6.54 Å². The number of nitrogens with zero attached hydrogens (tertiary/aromatic N) is 2. The van der Waals surface area contributed by atoms with Gasteiger partial charge in [-0.15, -0.1) is 11.3 Å². The quantitative estimate of drug-likeness (QED) is 0.714. The second-order valence-corrected chi connectivity index (χ2v) is 5.99. The number of rotatable bonds is 7. The Labute approximate surface area is 118 Å². The Bertz CT molecular complexity index is 585. The molecule has 104 valence electrons. The van der Waals surface area contributed by atoms with Crippen molar-refractivity contribution in [2.75, 3.05) is 0 Å². The van der Waals surface area contributed by atoms with E-state index in [0.717, 1.165) is 28.7 Å². The second-order valence-electron chi connectivity index (χ2n) is 5.11. The minimum atomic E-state index is 0.122. The molecule has 0 unspecified atom stereocenters. The molecule has 0 fully saturated rings. The zero-order valence-electron chi connectivity index (χ0n) is 11.8. The number of unbranched alkanes of at least 4 members (excludes halogenated alkanes) is 5. The van der Waals surface area contributed by atoms with E-state index in [2.05, 4.69) is 11.9 Å². The summed E-state index contributed by atoms with van der Waals surface area (Å²) in [5.41, 5.74) is 2.09. The van der Waals surface area contributed by atoms with E-state index < -0.39 is 0 Å². The number of aromatic nitrogens is 2. The molecule has 4 heteroatoms. The zero-order chi connectivity index (χ0) is 13.7. The molecule has 0 atom stereocenters. The Morgan fingerprint density at radius 1 is 1.21 bits per heavy atom. The molecule has 0 aromatic carbocycles. The van der Waals surface area contributed by atoms with Gasteiger partial charge >= 0.3 is 0 Å². The van der Waals surface area contributed by atoms with Gasteiger partial charge in [0.25, 0.3) is 5.56 Å². The lowest BCUT2D eigenvalue weighted by atomic mass is 10.1. The van der Waals surface area contributed by atoms with Crippen LogP contribution in [0.25, 0.3) is 10.2 Å². The maximum absolute atomic E-state index is 12.2. The van der Waals surface area contributed by atoms with Gasteiger partial charge in [0.2, 0.25) is 0 Å². The highest BCUT2D eigenvalue weighted by molar-refractivity contribution is 7.17. The highest BCUT2D eigenvalue weighted by atomic mass is 32.1. The molecule has 0 spiro atoms. The van der Waals surface area contributed by atoms with Crippen molar-refractivity contribution in [1.82, 2.24) is 9.55 Å². The van der Waals surface area contributed by atoms with Crippen LogP contribution in [0.3, 0.4) is 0 Å². The van der Waals surface area contributed by atoms with Gasteiger partial charge in [0.15, 0.2) is 0 Å². The predicted octanol–water partition coefficient (Wildman–Crippen LogP) is 4.13. The Morgan fingerprint density at radius 2 is 1.95 bits per heavy atom. The monoisotopic (exact) mass is 278 g/mol. The van der Waals surface area contributed by atoms with Crippen LogP contribution in [-0.2, 0) is 6.54 Å².